The lowest BCUT2D eigenvalue weighted by atomic mass is 10.0. The van der Waals surface area contributed by atoms with Crippen molar-refractivity contribution in [3.63, 3.8) is 0 Å². The minimum atomic E-state index is -4.36. The smallest absolute Gasteiger partial charge is 0.364 e. The molecule has 1 fully saturated rings. The molecule has 2 heterocycles. The molecule has 2 aliphatic heterocycles. The minimum absolute atomic E-state index is 0.0324. The predicted octanol–water partition coefficient (Wildman–Crippen LogP) is 6.54. The second-order valence-corrected chi connectivity index (χ2v) is 11.1. The van der Waals surface area contributed by atoms with E-state index in [2.05, 4.69) is 26.5 Å². The fourth-order valence-electron chi connectivity index (χ4n) is 5.76. The van der Waals surface area contributed by atoms with Crippen LogP contribution in [0.2, 0.25) is 0 Å². The Labute approximate surface area is 250 Å². The number of piperidine rings is 1. The Balaban J connectivity index is 1.22. The molecular weight excluding hydrogens is 553 g/mol. The van der Waals surface area contributed by atoms with Crippen LogP contribution in [0.1, 0.15) is 48.2 Å². The third-order valence-corrected chi connectivity index (χ3v) is 8.25. The number of nitrogens with one attached hydrogen (secondary N) is 2. The molecule has 0 spiro atoms. The summed E-state index contributed by atoms with van der Waals surface area (Å²) in [6.07, 6.45) is -3.01. The quantitative estimate of drug-likeness (QED) is 0.328. The summed E-state index contributed by atoms with van der Waals surface area (Å²) in [6, 6.07) is 24.0. The zero-order valence-corrected chi connectivity index (χ0v) is 24.2. The highest BCUT2D eigenvalue weighted by Crippen LogP contribution is 2.34. The highest BCUT2D eigenvalue weighted by atomic mass is 19.4. The van der Waals surface area contributed by atoms with Gasteiger partial charge in [-0.2, -0.15) is 18.4 Å². The van der Waals surface area contributed by atoms with Gasteiger partial charge in [0.1, 0.15) is 6.17 Å². The number of benzene rings is 3. The summed E-state index contributed by atoms with van der Waals surface area (Å²) in [5, 5.41) is 15.6. The molecule has 2 N–H and O–H groups in total. The first-order chi connectivity index (χ1) is 20.6. The molecule has 0 aromatic heterocycles. The summed E-state index contributed by atoms with van der Waals surface area (Å²) in [7, 11) is 1.96. The Hall–Kier alpha value is -4.49. The highest BCUT2D eigenvalue weighted by Gasteiger charge is 2.34. The van der Waals surface area contributed by atoms with Gasteiger partial charge in [0.15, 0.2) is 0 Å². The summed E-state index contributed by atoms with van der Waals surface area (Å²) in [4.78, 5) is 19.8. The number of allylic oxidation sites excluding steroid dienone is 1. The number of hydrogen-bond donors (Lipinski definition) is 2. The van der Waals surface area contributed by atoms with Crippen LogP contribution in [-0.2, 0) is 12.7 Å². The molecule has 10 heteroatoms. The number of rotatable bonds is 7. The van der Waals surface area contributed by atoms with Crippen LogP contribution in [0.3, 0.4) is 0 Å². The second kappa shape index (κ2) is 12.8. The number of alkyl halides is 3. The van der Waals surface area contributed by atoms with Crippen LogP contribution < -0.4 is 10.6 Å². The van der Waals surface area contributed by atoms with Crippen LogP contribution >= 0.6 is 0 Å². The molecular formula is C33H35F3N6O. The monoisotopic (exact) mass is 588 g/mol. The molecule has 2 aliphatic rings. The van der Waals surface area contributed by atoms with Crippen LogP contribution in [0.4, 0.5) is 23.7 Å². The summed E-state index contributed by atoms with van der Waals surface area (Å²) in [5.41, 5.74) is 4.48. The summed E-state index contributed by atoms with van der Waals surface area (Å²) >= 11 is 0. The predicted molar refractivity (Wildman–Crippen MR) is 159 cm³/mol. The molecule has 1 unspecified atom stereocenters. The summed E-state index contributed by atoms with van der Waals surface area (Å²) in [5.74, 6) is 0. The van der Waals surface area contributed by atoms with E-state index in [1.165, 1.54) is 12.1 Å². The van der Waals surface area contributed by atoms with E-state index in [0.29, 0.717) is 18.7 Å². The summed E-state index contributed by atoms with van der Waals surface area (Å²) in [6.45, 7) is 4.72. The number of hydrogen-bond acceptors (Lipinski definition) is 5. The number of anilines is 1. The van der Waals surface area contributed by atoms with Gasteiger partial charge in [0.25, 0.3) is 0 Å². The number of para-hydroxylation sites is 1. The van der Waals surface area contributed by atoms with Gasteiger partial charge in [-0.3, -0.25) is 4.90 Å². The topological polar surface area (TPSA) is 74.6 Å². The van der Waals surface area contributed by atoms with Gasteiger partial charge in [-0.05, 0) is 67.3 Å². The number of likely N-dealkylation sites (N-methyl/N-ethyl adjacent to an activating group) is 1. The highest BCUT2D eigenvalue weighted by molar-refractivity contribution is 5.89. The van der Waals surface area contributed by atoms with Crippen LogP contribution in [-0.4, -0.2) is 53.5 Å². The molecule has 1 saturated heterocycles. The van der Waals surface area contributed by atoms with Crippen molar-refractivity contribution in [3.05, 3.63) is 113 Å². The third-order valence-electron chi connectivity index (χ3n) is 8.25. The van der Waals surface area contributed by atoms with Crippen molar-refractivity contribution in [2.24, 2.45) is 0 Å². The number of urea groups is 1. The van der Waals surface area contributed by atoms with Crippen molar-refractivity contribution in [1.82, 2.24) is 20.0 Å². The standard InChI is InChI=1S/C33H35F3N6O/c1-23-30(40(2)31(38-23)26-12-14-27(15-13-26)33(34,35)36)22-41-18-16-29(17-19-41)42(21-25-10-8-24(20-37)9-11-25)32(43)39-28-6-4-3-5-7-28/h3-15,29,31,38H,16-19,21-22H2,1-2H3,(H,39,43). The average molecular weight is 589 g/mol. The Morgan fingerprint density at radius 3 is 2.28 bits per heavy atom. The molecule has 0 radical (unpaired) electrons. The molecule has 5 rings (SSSR count). The molecule has 3 aromatic carbocycles. The lowest BCUT2D eigenvalue weighted by molar-refractivity contribution is -0.137. The van der Waals surface area contributed by atoms with E-state index in [4.69, 9.17) is 5.26 Å². The van der Waals surface area contributed by atoms with Gasteiger partial charge in [0, 0.05) is 56.4 Å². The fraction of sp³-hybridized carbons (Fsp3) is 0.333. The van der Waals surface area contributed by atoms with E-state index in [9.17, 15) is 18.0 Å². The zero-order valence-electron chi connectivity index (χ0n) is 24.2. The molecule has 3 aromatic rings. The van der Waals surface area contributed by atoms with Crippen molar-refractivity contribution in [1.29, 1.82) is 5.26 Å². The molecule has 224 valence electrons. The molecule has 1 atom stereocenters. The zero-order chi connectivity index (χ0) is 30.6. The lowest BCUT2D eigenvalue weighted by Gasteiger charge is -2.39. The first-order valence-electron chi connectivity index (χ1n) is 14.3. The van der Waals surface area contributed by atoms with E-state index < -0.39 is 11.7 Å². The lowest BCUT2D eigenvalue weighted by Crippen LogP contribution is -2.49. The maximum atomic E-state index is 13.5. The Morgan fingerprint density at radius 1 is 1.02 bits per heavy atom. The molecule has 0 bridgehead atoms. The fourth-order valence-corrected chi connectivity index (χ4v) is 5.76. The van der Waals surface area contributed by atoms with Crippen molar-refractivity contribution in [2.75, 3.05) is 32.0 Å². The number of nitriles is 1. The molecule has 2 amide bonds. The van der Waals surface area contributed by atoms with Gasteiger partial charge >= 0.3 is 12.2 Å². The maximum Gasteiger partial charge on any atom is 0.416 e. The van der Waals surface area contributed by atoms with Crippen molar-refractivity contribution >= 4 is 11.7 Å². The second-order valence-electron chi connectivity index (χ2n) is 11.1. The Bertz CT molecular complexity index is 1470. The SMILES string of the molecule is CC1=C(CN2CCC(N(Cc3ccc(C#N)cc3)C(=O)Nc3ccccc3)CC2)N(C)C(c2ccc(C(F)(F)F)cc2)N1. The van der Waals surface area contributed by atoms with E-state index >= 15 is 0 Å². The van der Waals surface area contributed by atoms with Crippen molar-refractivity contribution in [2.45, 2.75) is 44.7 Å². The summed E-state index contributed by atoms with van der Waals surface area (Å²) < 4.78 is 39.1. The van der Waals surface area contributed by atoms with Gasteiger partial charge in [-0.25, -0.2) is 4.79 Å². The van der Waals surface area contributed by atoms with E-state index in [1.807, 2.05) is 61.3 Å². The molecule has 0 aliphatic carbocycles. The van der Waals surface area contributed by atoms with Gasteiger partial charge in [0.2, 0.25) is 0 Å². The van der Waals surface area contributed by atoms with Crippen LogP contribution in [0.15, 0.2) is 90.3 Å². The molecule has 7 nitrogen and oxygen atoms in total. The van der Waals surface area contributed by atoms with Crippen LogP contribution in [0, 0.1) is 11.3 Å². The van der Waals surface area contributed by atoms with Gasteiger partial charge in [-0.1, -0.05) is 42.5 Å². The largest absolute Gasteiger partial charge is 0.416 e. The number of likely N-dealkylation sites (tertiary alicyclic amines) is 1. The van der Waals surface area contributed by atoms with Gasteiger partial charge < -0.3 is 20.4 Å². The van der Waals surface area contributed by atoms with Crippen LogP contribution in [0.5, 0.6) is 0 Å². The number of carbonyl (C=O) groups is 1. The average Bonchev–Trinajstić information content (AvgIpc) is 3.29. The van der Waals surface area contributed by atoms with Crippen molar-refractivity contribution in [3.8, 4) is 6.07 Å². The third kappa shape index (κ3) is 7.12. The maximum absolute atomic E-state index is 13.5. The van der Waals surface area contributed by atoms with Crippen LogP contribution in [0.25, 0.3) is 0 Å². The van der Waals surface area contributed by atoms with E-state index in [-0.39, 0.29) is 18.2 Å². The molecule has 0 saturated carbocycles. The normalized spacial score (nSPS) is 17.9. The first-order valence-corrected chi connectivity index (χ1v) is 14.3. The van der Waals surface area contributed by atoms with Crippen molar-refractivity contribution < 1.29 is 18.0 Å². The van der Waals surface area contributed by atoms with E-state index in [1.54, 1.807) is 12.1 Å². The number of carbonyl (C=O) groups excluding carboxylic acids is 1. The first kappa shape index (κ1) is 30.0. The Morgan fingerprint density at radius 2 is 1.67 bits per heavy atom. The number of halogens is 3. The number of amides is 2. The van der Waals surface area contributed by atoms with Gasteiger partial charge in [-0.15, -0.1) is 0 Å². The Kier molecular flexibility index (Phi) is 8.92. The molecule has 43 heavy (non-hydrogen) atoms. The minimum Gasteiger partial charge on any atom is -0.364 e. The van der Waals surface area contributed by atoms with Gasteiger partial charge in [0.05, 0.1) is 17.2 Å². The van der Waals surface area contributed by atoms with E-state index in [0.717, 1.165) is 66.3 Å². The number of nitrogens with zero attached hydrogens (tertiary/aromatic N) is 4.